The number of unbranched alkanes of at least 4 members (excludes halogenated alkanes) is 2. The number of esters is 4. The summed E-state index contributed by atoms with van der Waals surface area (Å²) in [6.07, 6.45) is -2.78. The maximum absolute atomic E-state index is 14.9. The van der Waals surface area contributed by atoms with Crippen LogP contribution in [0.1, 0.15) is 266 Å². The van der Waals surface area contributed by atoms with Crippen molar-refractivity contribution in [3.63, 3.8) is 0 Å². The van der Waals surface area contributed by atoms with Crippen LogP contribution in [0.2, 0.25) is 0 Å². The Morgan fingerprint density at radius 3 is 1.24 bits per heavy atom. The van der Waals surface area contributed by atoms with E-state index in [4.69, 9.17) is 45.9 Å². The van der Waals surface area contributed by atoms with Gasteiger partial charge < -0.3 is 106 Å². The molecule has 0 unspecified atom stereocenters. The van der Waals surface area contributed by atoms with Crippen molar-refractivity contribution in [3.05, 3.63) is 59.7 Å². The van der Waals surface area contributed by atoms with E-state index >= 15 is 0 Å². The molecule has 2 aromatic carbocycles. The maximum Gasteiger partial charge on any atom is 0.329 e. The second-order valence-corrected chi connectivity index (χ2v) is 43.4. The van der Waals surface area contributed by atoms with Crippen molar-refractivity contribution >= 4 is 124 Å². The lowest BCUT2D eigenvalue weighted by molar-refractivity contribution is -0.163. The van der Waals surface area contributed by atoms with Gasteiger partial charge in [-0.2, -0.15) is 5.26 Å². The molecule has 0 bridgehead atoms. The third kappa shape index (κ3) is 39.6. The molecule has 0 saturated carbocycles. The molecule has 0 aromatic heterocycles. The Kier molecular flexibility index (Phi) is 56.2. The molecular weight excluding hydrogens is 1940 g/mol. The smallest absolute Gasteiger partial charge is 0.329 e. The number of cyclic esters (lactones) is 4. The highest BCUT2D eigenvalue weighted by Gasteiger charge is 2.49. The van der Waals surface area contributed by atoms with Crippen molar-refractivity contribution in [1.82, 2.24) is 67.0 Å². The van der Waals surface area contributed by atoms with Crippen LogP contribution in [0.15, 0.2) is 48.5 Å². The second kappa shape index (κ2) is 64.2. The molecule has 0 spiro atoms. The third-order valence-electron chi connectivity index (χ3n) is 27.6. The minimum absolute atomic E-state index is 0.0123. The average molecular weight is 2120 g/mol. The maximum atomic E-state index is 14.9. The molecule has 10 amide bonds. The number of hydrogen-bond acceptors (Lipinski definition) is 28. The number of nitrogens with one attached hydrogen (secondary N) is 8. The molecule has 832 valence electrons. The van der Waals surface area contributed by atoms with Gasteiger partial charge in [-0.3, -0.25) is 67.1 Å². The number of Topliss-reactive ketones (excluding diaryl/α,β-unsaturated/α-hetero) is 2. The Labute approximate surface area is 886 Å². The van der Waals surface area contributed by atoms with E-state index in [0.717, 1.165) is 25.0 Å². The Morgan fingerprint density at radius 1 is 0.534 bits per heavy atom. The summed E-state index contributed by atoms with van der Waals surface area (Å²) in [5, 5.41) is 56.7. The largest absolute Gasteiger partial charge is 0.497 e. The number of carbonyl (C=O) groups is 16. The number of nitriles is 1. The second-order valence-electron chi connectivity index (χ2n) is 42.1. The molecule has 2 aromatic rings. The van der Waals surface area contributed by atoms with Crippen LogP contribution >= 0.6 is 24.0 Å². The van der Waals surface area contributed by atoms with Gasteiger partial charge in [-0.25, -0.2) is 9.59 Å². The van der Waals surface area contributed by atoms with Crippen LogP contribution in [0.4, 0.5) is 0 Å². The average Bonchev–Trinajstić information content (AvgIpc) is 1.64. The van der Waals surface area contributed by atoms with E-state index in [1.807, 2.05) is 81.6 Å². The number of ether oxygens (including phenoxy) is 6. The van der Waals surface area contributed by atoms with Gasteiger partial charge in [0.1, 0.15) is 83.5 Å². The summed E-state index contributed by atoms with van der Waals surface area (Å²) in [6.45, 7) is 39.6. The van der Waals surface area contributed by atoms with Crippen molar-refractivity contribution < 1.29 is 115 Å². The van der Waals surface area contributed by atoms with Gasteiger partial charge in [0.05, 0.1) is 69.2 Å². The first kappa shape index (κ1) is 130. The van der Waals surface area contributed by atoms with Gasteiger partial charge in [-0.1, -0.05) is 175 Å². The SMILES string of the molecule is CCCCNC(=S)N(C)[C@H](CC(C)C)C(=O)N[C@@H]1C(=O)N[C@H]([C@@H](C)CC)[C@@H](O)CC(=O)O[C@@H](C(C)C)C(=O)[C@H](C)C(=O)N[C@@H](CC(C)C)C(=O)N2CCC[C@H]2C(=O)N(C)[C@@H](Cc2ccc(OC)cc2)C(=O)O[C@@H]1C.CCCCSC#N.CC[C@H](C)[C@H]1NC(=O)[C@@H](NC(=O)[C@@H](CC(C)C)NC)[C@@H](C)OC(=O)[C@H](Cc2ccc(OC)cc2)N(C)C(=O)[C@@H]2CCCN2C(=O)[C@H](CC(C)C)NC(=O)[C@@H](C)C(=O)[C@H](C(C)C)OC(=O)C[C@@H]1O. The van der Waals surface area contributed by atoms with Gasteiger partial charge in [0.25, 0.3) is 0 Å². The molecule has 4 fully saturated rings. The van der Waals surface area contributed by atoms with Crippen molar-refractivity contribution in [2.24, 2.45) is 59.2 Å². The number of likely N-dealkylation sites (N-methyl/N-ethyl adjacent to an activating group) is 4. The zero-order valence-electron chi connectivity index (χ0n) is 92.7. The van der Waals surface area contributed by atoms with Crippen LogP contribution in [0, 0.1) is 69.8 Å². The lowest BCUT2D eigenvalue weighted by atomic mass is 9.91. The fourth-order valence-electron chi connectivity index (χ4n) is 18.1. The number of fused-ring (bicyclic) bond motifs is 2. The Balaban J connectivity index is 0.000000580. The number of aliphatic hydroxyl groups is 2. The van der Waals surface area contributed by atoms with E-state index in [0.29, 0.717) is 72.8 Å². The number of hydrogen-bond donors (Lipinski definition) is 10. The van der Waals surface area contributed by atoms with Crippen LogP contribution in [0.25, 0.3) is 0 Å². The molecule has 148 heavy (non-hydrogen) atoms. The van der Waals surface area contributed by atoms with E-state index in [1.165, 1.54) is 93.8 Å². The zero-order chi connectivity index (χ0) is 112. The standard InChI is InChI=1S/C54H87N7O12S.C49H78N6O12.C5H9NS/c1-15-17-24-55-54(74)60(13)40(27-31(5)6)49(66)58-45-35(11)72-53(70)41(28-36-20-22-37(71-14)23-21-36)59(12)52(69)39-19-18-25-61(39)51(68)38(26-30(3)4)56-48(65)34(10)46(64)47(32(7)8)73-43(63)29-42(62)44(33(9)16-2)57-50(45)67;1-14-29(8)40-38(56)25-39(57)67-43(28(6)7)42(58)30(9)44(59)51-35(23-27(4)5)47(62)55-21-15-16-36(55)48(63)54(12)37(24-32-17-19-33(65-13)20-18-32)49(64)66-31(10)41(46(61)52-40)53-45(60)34(50-11)22-26(2)3;1-2-3-4-7-5-6/h20-23,30-35,38-42,44-45,47,62H,15-19,24-29H2,1-14H3,(H,55,74)(H,56,65)(H,57,67)(H,58,66);17-20,26-31,34-38,40-41,43,50,56H,14-16,21-25H2,1-13H3,(H,51,59)(H,52,61)(H,53,60);2-4H2,1H3/t33-,34-,35+,38-,39-,40+,41-,42-,44+,45-,47-;29-,30-,31+,34+,35-,36-,37-,38-,40+,41-,43-;/m00./s1. The van der Waals surface area contributed by atoms with E-state index in [1.54, 1.807) is 109 Å². The third-order valence-corrected chi connectivity index (χ3v) is 28.7. The summed E-state index contributed by atoms with van der Waals surface area (Å²) in [6, 6.07) is -0.268. The Bertz CT molecular complexity index is 4710. The van der Waals surface area contributed by atoms with Crippen LogP contribution in [0.3, 0.4) is 0 Å². The minimum Gasteiger partial charge on any atom is -0.497 e. The Hall–Kier alpha value is -10.6. The molecule has 10 N–H and O–H groups in total. The molecular formula is C108H174N14O24S2. The van der Waals surface area contributed by atoms with Gasteiger partial charge in [-0.05, 0) is 206 Å². The highest BCUT2D eigenvalue weighted by molar-refractivity contribution is 8.03. The van der Waals surface area contributed by atoms with Gasteiger partial charge >= 0.3 is 23.9 Å². The number of thiocarbonyl (C=S) groups is 1. The number of aliphatic hydroxyl groups excluding tert-OH is 2. The number of nitrogens with zero attached hydrogens (tertiary/aromatic N) is 6. The first-order valence-electron chi connectivity index (χ1n) is 52.8. The monoisotopic (exact) mass is 2120 g/mol. The summed E-state index contributed by atoms with van der Waals surface area (Å²) >= 11 is 7.04. The van der Waals surface area contributed by atoms with Crippen LogP contribution in [-0.4, -0.2) is 311 Å². The first-order valence-corrected chi connectivity index (χ1v) is 54.2. The molecule has 6 rings (SSSR count). The molecule has 4 saturated heterocycles. The van der Waals surface area contributed by atoms with Crippen LogP contribution < -0.4 is 52.0 Å². The van der Waals surface area contributed by atoms with Crippen molar-refractivity contribution in [1.29, 1.82) is 5.26 Å². The predicted octanol–water partition coefficient (Wildman–Crippen LogP) is 8.80. The molecule has 0 radical (unpaired) electrons. The Morgan fingerprint density at radius 2 is 0.912 bits per heavy atom. The highest BCUT2D eigenvalue weighted by atomic mass is 32.2. The van der Waals surface area contributed by atoms with Crippen molar-refractivity contribution in [3.8, 4) is 16.9 Å². The topological polar surface area (TPSA) is 505 Å². The number of amides is 10. The van der Waals surface area contributed by atoms with Gasteiger partial charge in [0.15, 0.2) is 28.9 Å². The fourth-order valence-corrected chi connectivity index (χ4v) is 18.8. The molecule has 0 aliphatic carbocycles. The van der Waals surface area contributed by atoms with Crippen LogP contribution in [-0.2, 0) is 109 Å². The number of thioether (sulfide) groups is 1. The number of rotatable bonds is 32. The van der Waals surface area contributed by atoms with E-state index in [9.17, 15) is 86.9 Å². The van der Waals surface area contributed by atoms with E-state index in [2.05, 4.69) is 49.5 Å². The van der Waals surface area contributed by atoms with Gasteiger partial charge in [0, 0.05) is 59.4 Å². The van der Waals surface area contributed by atoms with E-state index < -0.39 is 252 Å². The minimum atomic E-state index is -1.61. The number of carbonyl (C=O) groups excluding carboxylic acids is 16. The quantitative estimate of drug-likeness (QED) is 0.00816. The summed E-state index contributed by atoms with van der Waals surface area (Å²) in [5.74, 6) is -14.8. The fraction of sp³-hybridized carbons (Fsp3) is 0.722. The van der Waals surface area contributed by atoms with E-state index in [-0.39, 0.29) is 75.3 Å². The molecule has 38 nitrogen and oxygen atoms in total. The predicted molar refractivity (Wildman–Crippen MR) is 567 cm³/mol. The number of benzene rings is 2. The number of ketones is 2. The molecule has 4 aliphatic heterocycles. The summed E-state index contributed by atoms with van der Waals surface area (Å²) in [5.41, 5.74) is 1.25. The first-order chi connectivity index (χ1) is 69.6. The molecule has 22 atom stereocenters. The van der Waals surface area contributed by atoms with Crippen molar-refractivity contribution in [2.75, 3.05) is 67.8 Å². The number of methoxy groups -OCH3 is 2. The highest BCUT2D eigenvalue weighted by Crippen LogP contribution is 2.31. The van der Waals surface area contributed by atoms with Gasteiger partial charge in [-0.15, -0.1) is 0 Å². The van der Waals surface area contributed by atoms with Crippen molar-refractivity contribution in [2.45, 2.75) is 377 Å². The summed E-state index contributed by atoms with van der Waals surface area (Å²) in [7, 11) is 9.19. The summed E-state index contributed by atoms with van der Waals surface area (Å²) in [4.78, 5) is 236. The lowest BCUT2D eigenvalue weighted by Gasteiger charge is -2.36. The van der Waals surface area contributed by atoms with Crippen LogP contribution in [0.5, 0.6) is 11.5 Å². The molecule has 4 aliphatic rings. The normalized spacial score (nSPS) is 26.1. The molecule has 4 heterocycles. The molecule has 40 heteroatoms. The summed E-state index contributed by atoms with van der Waals surface area (Å²) < 4.78 is 34.3. The van der Waals surface area contributed by atoms with Gasteiger partial charge in [0.2, 0.25) is 59.1 Å². The zero-order valence-corrected chi connectivity index (χ0v) is 94.3. The number of thiocyanates is 1. The lowest BCUT2D eigenvalue weighted by Crippen LogP contribution is -2.62.